The van der Waals surface area contributed by atoms with Crippen LogP contribution in [-0.4, -0.2) is 35.6 Å². The van der Waals surface area contributed by atoms with E-state index in [1.165, 1.54) is 6.20 Å². The fraction of sp³-hybridized carbons (Fsp3) is 0.400. The summed E-state index contributed by atoms with van der Waals surface area (Å²) in [6.45, 7) is 1.22. The Hall–Kier alpha value is -1.66. The van der Waals surface area contributed by atoms with Gasteiger partial charge in [-0.2, -0.15) is 9.40 Å². The third-order valence-corrected chi connectivity index (χ3v) is 5.63. The first-order chi connectivity index (χ1) is 10.2. The molecule has 1 aromatic heterocycles. The maximum absolute atomic E-state index is 12.7. The Balaban J connectivity index is 1.88. The minimum atomic E-state index is -3.42. The van der Waals surface area contributed by atoms with Crippen molar-refractivity contribution in [1.82, 2.24) is 14.1 Å². The van der Waals surface area contributed by atoms with Gasteiger partial charge < -0.3 is 0 Å². The van der Waals surface area contributed by atoms with Gasteiger partial charge in [-0.05, 0) is 25.0 Å². The van der Waals surface area contributed by atoms with Crippen molar-refractivity contribution in [3.63, 3.8) is 0 Å². The summed E-state index contributed by atoms with van der Waals surface area (Å²) in [4.78, 5) is 0.272. The Morgan fingerprint density at radius 3 is 2.29 bits per heavy atom. The molecule has 1 aliphatic heterocycles. The smallest absolute Gasteiger partial charge is 0.240 e. The lowest BCUT2D eigenvalue weighted by molar-refractivity contribution is 0.423. The molecule has 2 aromatic rings. The van der Waals surface area contributed by atoms with E-state index in [0.29, 0.717) is 13.1 Å². The highest BCUT2D eigenvalue weighted by atomic mass is 32.2. The lowest BCUT2D eigenvalue weighted by atomic mass is 10.2. The van der Waals surface area contributed by atoms with Gasteiger partial charge in [0.25, 0.3) is 0 Å². The second-order valence-electron chi connectivity index (χ2n) is 5.27. The van der Waals surface area contributed by atoms with Crippen molar-refractivity contribution in [1.29, 1.82) is 0 Å². The molecule has 0 N–H and O–H groups in total. The number of rotatable bonds is 3. The van der Waals surface area contributed by atoms with Crippen LogP contribution in [0.25, 0.3) is 5.69 Å². The van der Waals surface area contributed by atoms with E-state index in [1.54, 1.807) is 15.2 Å². The van der Waals surface area contributed by atoms with Gasteiger partial charge in [-0.25, -0.2) is 13.1 Å². The van der Waals surface area contributed by atoms with Crippen LogP contribution in [-0.2, 0) is 10.0 Å². The highest BCUT2D eigenvalue weighted by molar-refractivity contribution is 7.89. The standard InChI is InChI=1S/C15H19N3O2S/c19-21(20,17-10-6-1-2-7-11-17)15-12-16-18(13-15)14-8-4-3-5-9-14/h3-5,8-9,12-13H,1-2,6-7,10-11H2. The molecule has 0 amide bonds. The molecule has 2 heterocycles. The number of hydrogen-bond acceptors (Lipinski definition) is 3. The molecule has 0 saturated carbocycles. The minimum absolute atomic E-state index is 0.272. The third kappa shape index (κ3) is 3.01. The summed E-state index contributed by atoms with van der Waals surface area (Å²) in [7, 11) is -3.42. The normalized spacial score (nSPS) is 17.5. The lowest BCUT2D eigenvalue weighted by Gasteiger charge is -2.18. The maximum atomic E-state index is 12.7. The number of para-hydroxylation sites is 1. The van der Waals surface area contributed by atoms with Crippen molar-refractivity contribution in [2.75, 3.05) is 13.1 Å². The second-order valence-corrected chi connectivity index (χ2v) is 7.21. The fourth-order valence-corrected chi connectivity index (χ4v) is 4.04. The molecular formula is C15H19N3O2S. The summed E-state index contributed by atoms with van der Waals surface area (Å²) >= 11 is 0. The zero-order valence-corrected chi connectivity index (χ0v) is 12.7. The Bertz CT molecular complexity index is 687. The minimum Gasteiger partial charge on any atom is -0.240 e. The Morgan fingerprint density at radius 1 is 0.952 bits per heavy atom. The quantitative estimate of drug-likeness (QED) is 0.875. The van der Waals surface area contributed by atoms with Gasteiger partial charge in [-0.3, -0.25) is 0 Å². The van der Waals surface area contributed by atoms with Gasteiger partial charge in [0.2, 0.25) is 10.0 Å². The Morgan fingerprint density at radius 2 is 1.62 bits per heavy atom. The van der Waals surface area contributed by atoms with Crippen LogP contribution < -0.4 is 0 Å². The summed E-state index contributed by atoms with van der Waals surface area (Å²) in [6.07, 6.45) is 7.12. The molecular weight excluding hydrogens is 286 g/mol. The summed E-state index contributed by atoms with van der Waals surface area (Å²) in [5.74, 6) is 0. The molecule has 1 aliphatic rings. The van der Waals surface area contributed by atoms with E-state index >= 15 is 0 Å². The first kappa shape index (κ1) is 14.3. The Kier molecular flexibility index (Phi) is 4.07. The SMILES string of the molecule is O=S(=O)(c1cnn(-c2ccccc2)c1)N1CCCCCC1. The van der Waals surface area contributed by atoms with Crippen LogP contribution in [0.1, 0.15) is 25.7 Å². The second kappa shape index (κ2) is 5.99. The molecule has 0 bridgehead atoms. The van der Waals surface area contributed by atoms with Crippen molar-refractivity contribution in [3.8, 4) is 5.69 Å². The molecule has 0 spiro atoms. The first-order valence-electron chi connectivity index (χ1n) is 7.28. The number of aromatic nitrogens is 2. The van der Waals surface area contributed by atoms with E-state index < -0.39 is 10.0 Å². The van der Waals surface area contributed by atoms with E-state index in [9.17, 15) is 8.42 Å². The van der Waals surface area contributed by atoms with Crippen molar-refractivity contribution in [2.24, 2.45) is 0 Å². The topological polar surface area (TPSA) is 55.2 Å². The van der Waals surface area contributed by atoms with Gasteiger partial charge in [-0.1, -0.05) is 31.0 Å². The largest absolute Gasteiger partial charge is 0.246 e. The highest BCUT2D eigenvalue weighted by Crippen LogP contribution is 2.20. The van der Waals surface area contributed by atoms with E-state index in [-0.39, 0.29) is 4.90 Å². The molecule has 1 aromatic carbocycles. The maximum Gasteiger partial charge on any atom is 0.246 e. The molecule has 3 rings (SSSR count). The van der Waals surface area contributed by atoms with Crippen LogP contribution >= 0.6 is 0 Å². The molecule has 0 unspecified atom stereocenters. The molecule has 21 heavy (non-hydrogen) atoms. The van der Waals surface area contributed by atoms with Gasteiger partial charge in [0.05, 0.1) is 18.1 Å². The molecule has 5 nitrogen and oxygen atoms in total. The summed E-state index contributed by atoms with van der Waals surface area (Å²) < 4.78 is 28.5. The fourth-order valence-electron chi connectivity index (χ4n) is 2.59. The van der Waals surface area contributed by atoms with Crippen LogP contribution in [0.4, 0.5) is 0 Å². The predicted octanol–water partition coefficient (Wildman–Crippen LogP) is 2.44. The van der Waals surface area contributed by atoms with E-state index in [4.69, 9.17) is 0 Å². The highest BCUT2D eigenvalue weighted by Gasteiger charge is 2.26. The molecule has 1 saturated heterocycles. The van der Waals surface area contributed by atoms with Crippen molar-refractivity contribution < 1.29 is 8.42 Å². The number of hydrogen-bond donors (Lipinski definition) is 0. The summed E-state index contributed by atoms with van der Waals surface area (Å²) in [6, 6.07) is 9.52. The zero-order valence-electron chi connectivity index (χ0n) is 11.9. The van der Waals surface area contributed by atoms with E-state index in [0.717, 1.165) is 31.4 Å². The molecule has 0 radical (unpaired) electrons. The first-order valence-corrected chi connectivity index (χ1v) is 8.72. The van der Waals surface area contributed by atoms with Crippen LogP contribution in [0.2, 0.25) is 0 Å². The molecule has 112 valence electrons. The third-order valence-electron chi connectivity index (χ3n) is 3.78. The van der Waals surface area contributed by atoms with Gasteiger partial charge in [0.15, 0.2) is 0 Å². The van der Waals surface area contributed by atoms with Crippen molar-refractivity contribution in [2.45, 2.75) is 30.6 Å². The monoisotopic (exact) mass is 305 g/mol. The number of sulfonamides is 1. The number of benzene rings is 1. The van der Waals surface area contributed by atoms with Gasteiger partial charge in [0, 0.05) is 13.1 Å². The van der Waals surface area contributed by atoms with E-state index in [2.05, 4.69) is 5.10 Å². The van der Waals surface area contributed by atoms with Crippen LogP contribution in [0.5, 0.6) is 0 Å². The average Bonchev–Trinajstić information content (AvgIpc) is 2.84. The van der Waals surface area contributed by atoms with Crippen LogP contribution in [0.3, 0.4) is 0 Å². The predicted molar refractivity (Wildman–Crippen MR) is 80.8 cm³/mol. The van der Waals surface area contributed by atoms with Crippen molar-refractivity contribution in [3.05, 3.63) is 42.7 Å². The van der Waals surface area contributed by atoms with Crippen LogP contribution in [0.15, 0.2) is 47.6 Å². The average molecular weight is 305 g/mol. The zero-order chi connectivity index (χ0) is 14.7. The lowest BCUT2D eigenvalue weighted by Crippen LogP contribution is -2.31. The molecule has 6 heteroatoms. The van der Waals surface area contributed by atoms with E-state index in [1.807, 2.05) is 30.3 Å². The molecule has 1 fully saturated rings. The van der Waals surface area contributed by atoms with Gasteiger partial charge in [0.1, 0.15) is 4.90 Å². The van der Waals surface area contributed by atoms with Crippen LogP contribution in [0, 0.1) is 0 Å². The Labute approximate surface area is 125 Å². The van der Waals surface area contributed by atoms with Crippen molar-refractivity contribution >= 4 is 10.0 Å². The number of nitrogens with zero attached hydrogens (tertiary/aromatic N) is 3. The molecule has 0 aliphatic carbocycles. The van der Waals surface area contributed by atoms with Gasteiger partial charge in [-0.15, -0.1) is 0 Å². The summed E-state index contributed by atoms with van der Waals surface area (Å²) in [5, 5.41) is 4.18. The van der Waals surface area contributed by atoms with Gasteiger partial charge >= 0.3 is 0 Å². The summed E-state index contributed by atoms with van der Waals surface area (Å²) in [5.41, 5.74) is 0.856. The molecule has 0 atom stereocenters.